The minimum absolute atomic E-state index is 0.0428. The van der Waals surface area contributed by atoms with Crippen molar-refractivity contribution < 1.29 is 17.6 Å². The highest BCUT2D eigenvalue weighted by molar-refractivity contribution is 7.91. The normalized spacial score (nSPS) is 13.5. The molecule has 1 aromatic carbocycles. The molecule has 2 rings (SSSR count). The molecule has 0 radical (unpaired) electrons. The summed E-state index contributed by atoms with van der Waals surface area (Å²) in [5.74, 6) is 0.104. The number of sulfone groups is 1. The number of benzene rings is 1. The van der Waals surface area contributed by atoms with Crippen LogP contribution in [0.5, 0.6) is 0 Å². The van der Waals surface area contributed by atoms with Crippen LogP contribution in [0.4, 0.5) is 0 Å². The van der Waals surface area contributed by atoms with Crippen molar-refractivity contribution in [1.82, 2.24) is 5.32 Å². The number of aryl methyl sites for hydroxylation is 2. The zero-order valence-electron chi connectivity index (χ0n) is 15.3. The third kappa shape index (κ3) is 4.31. The van der Waals surface area contributed by atoms with Crippen LogP contribution >= 0.6 is 0 Å². The molecular formula is C19H25NO4S. The molecule has 0 aliphatic rings. The second-order valence-corrected chi connectivity index (χ2v) is 9.39. The molecule has 1 heterocycles. The first-order chi connectivity index (χ1) is 11.5. The predicted molar refractivity (Wildman–Crippen MR) is 97.0 cm³/mol. The van der Waals surface area contributed by atoms with Gasteiger partial charge in [-0.05, 0) is 49.2 Å². The van der Waals surface area contributed by atoms with Crippen LogP contribution in [0.1, 0.15) is 42.9 Å². The molecule has 1 N–H and O–H groups in total. The van der Waals surface area contributed by atoms with Crippen molar-refractivity contribution in [2.45, 2.75) is 44.8 Å². The van der Waals surface area contributed by atoms with E-state index in [-0.39, 0.29) is 17.3 Å². The van der Waals surface area contributed by atoms with E-state index in [4.69, 9.17) is 4.42 Å². The summed E-state index contributed by atoms with van der Waals surface area (Å²) in [7, 11) is -3.71. The van der Waals surface area contributed by atoms with E-state index in [0.717, 1.165) is 11.1 Å². The molecule has 1 atom stereocenters. The van der Waals surface area contributed by atoms with E-state index in [0.29, 0.717) is 5.76 Å². The van der Waals surface area contributed by atoms with E-state index in [9.17, 15) is 13.2 Å². The summed E-state index contributed by atoms with van der Waals surface area (Å²) in [6.07, 6.45) is 1.43. The number of hydrogen-bond donors (Lipinski definition) is 1. The molecular weight excluding hydrogens is 338 g/mol. The smallest absolute Gasteiger partial charge is 0.225 e. The van der Waals surface area contributed by atoms with Gasteiger partial charge in [0.1, 0.15) is 11.0 Å². The second-order valence-electron chi connectivity index (χ2n) is 7.26. The Morgan fingerprint density at radius 1 is 1.16 bits per heavy atom. The molecule has 0 aliphatic carbocycles. The summed E-state index contributed by atoms with van der Waals surface area (Å²) >= 11 is 0. The van der Waals surface area contributed by atoms with Gasteiger partial charge >= 0.3 is 0 Å². The Hall–Kier alpha value is -2.08. The second kappa shape index (κ2) is 7.04. The third-order valence-corrected chi connectivity index (χ3v) is 6.23. The maximum absolute atomic E-state index is 13.1. The number of carbonyl (C=O) groups excluding carboxylic acids is 1. The predicted octanol–water partition coefficient (Wildman–Crippen LogP) is 3.57. The van der Waals surface area contributed by atoms with Crippen LogP contribution in [0, 0.1) is 19.3 Å². The fourth-order valence-electron chi connectivity index (χ4n) is 2.34. The Bertz CT molecular complexity index is 846. The molecule has 0 fully saturated rings. The molecule has 0 unspecified atom stereocenters. The van der Waals surface area contributed by atoms with E-state index in [2.05, 4.69) is 5.32 Å². The average Bonchev–Trinajstić information content (AvgIpc) is 3.02. The van der Waals surface area contributed by atoms with Gasteiger partial charge in [0.05, 0.1) is 11.2 Å². The fraction of sp³-hybridized carbons (Fsp3) is 0.421. The number of carbonyl (C=O) groups is 1. The zero-order chi connectivity index (χ0) is 18.8. The van der Waals surface area contributed by atoms with Gasteiger partial charge in [-0.15, -0.1) is 0 Å². The van der Waals surface area contributed by atoms with Crippen LogP contribution in [0.2, 0.25) is 0 Å². The van der Waals surface area contributed by atoms with Gasteiger partial charge in [-0.3, -0.25) is 4.79 Å². The third-order valence-electron chi connectivity index (χ3n) is 4.17. The quantitative estimate of drug-likeness (QED) is 0.881. The van der Waals surface area contributed by atoms with E-state index in [1.54, 1.807) is 51.1 Å². The molecule has 0 saturated carbocycles. The van der Waals surface area contributed by atoms with Crippen molar-refractivity contribution >= 4 is 15.7 Å². The van der Waals surface area contributed by atoms with E-state index in [1.807, 2.05) is 13.8 Å². The van der Waals surface area contributed by atoms with Crippen LogP contribution in [0.3, 0.4) is 0 Å². The van der Waals surface area contributed by atoms with Crippen LogP contribution in [0.15, 0.2) is 45.9 Å². The molecule has 136 valence electrons. The Morgan fingerprint density at radius 2 is 1.84 bits per heavy atom. The lowest BCUT2D eigenvalue weighted by atomic mass is 9.96. The summed E-state index contributed by atoms with van der Waals surface area (Å²) in [5.41, 5.74) is 1.32. The molecule has 2 aromatic rings. The molecule has 6 heteroatoms. The Kier molecular flexibility index (Phi) is 5.42. The van der Waals surface area contributed by atoms with Crippen LogP contribution in [-0.4, -0.2) is 20.9 Å². The highest BCUT2D eigenvalue weighted by Gasteiger charge is 2.33. The van der Waals surface area contributed by atoms with Gasteiger partial charge < -0.3 is 9.73 Å². The molecule has 0 spiro atoms. The molecule has 0 saturated heterocycles. The Morgan fingerprint density at radius 3 is 2.36 bits per heavy atom. The Labute approximate surface area is 149 Å². The monoisotopic (exact) mass is 363 g/mol. The van der Waals surface area contributed by atoms with Gasteiger partial charge in [0.25, 0.3) is 0 Å². The van der Waals surface area contributed by atoms with Crippen LogP contribution in [-0.2, 0) is 14.6 Å². The highest BCUT2D eigenvalue weighted by atomic mass is 32.2. The fourth-order valence-corrected chi connectivity index (χ4v) is 4.01. The highest BCUT2D eigenvalue weighted by Crippen LogP contribution is 2.30. The number of nitrogens with one attached hydrogen (secondary N) is 1. The zero-order valence-corrected chi connectivity index (χ0v) is 16.1. The molecule has 1 aromatic heterocycles. The van der Waals surface area contributed by atoms with Crippen molar-refractivity contribution in [2.24, 2.45) is 5.41 Å². The number of amides is 1. The van der Waals surface area contributed by atoms with Crippen molar-refractivity contribution in [3.63, 3.8) is 0 Å². The largest absolute Gasteiger partial charge is 0.468 e. The summed E-state index contributed by atoms with van der Waals surface area (Å²) in [6.45, 7) is 9.10. The maximum Gasteiger partial charge on any atom is 0.225 e. The minimum Gasteiger partial charge on any atom is -0.468 e. The number of hydrogen-bond acceptors (Lipinski definition) is 4. The number of rotatable bonds is 5. The average molecular weight is 363 g/mol. The first-order valence-corrected chi connectivity index (χ1v) is 9.71. The lowest BCUT2D eigenvalue weighted by molar-refractivity contribution is -0.128. The summed E-state index contributed by atoms with van der Waals surface area (Å²) in [5, 5.41) is 1.76. The van der Waals surface area contributed by atoms with Gasteiger partial charge in [-0.25, -0.2) is 8.42 Å². The van der Waals surface area contributed by atoms with E-state index >= 15 is 0 Å². The van der Waals surface area contributed by atoms with Crippen molar-refractivity contribution in [3.05, 3.63) is 53.5 Å². The molecule has 5 nitrogen and oxygen atoms in total. The van der Waals surface area contributed by atoms with Crippen LogP contribution in [0.25, 0.3) is 0 Å². The van der Waals surface area contributed by atoms with Gasteiger partial charge in [0, 0.05) is 12.0 Å². The van der Waals surface area contributed by atoms with Crippen molar-refractivity contribution in [3.8, 4) is 0 Å². The van der Waals surface area contributed by atoms with Crippen molar-refractivity contribution in [2.75, 3.05) is 6.54 Å². The first-order valence-electron chi connectivity index (χ1n) is 8.16. The molecule has 0 bridgehead atoms. The molecule has 0 aliphatic heterocycles. The van der Waals surface area contributed by atoms with Crippen LogP contribution < -0.4 is 5.32 Å². The number of furan rings is 1. The van der Waals surface area contributed by atoms with E-state index < -0.39 is 20.5 Å². The standard InChI is InChI=1S/C19H25NO4S/c1-13-8-9-15(11-14(13)2)25(22,23)17(16-7-6-10-24-16)12-20-18(21)19(3,4)5/h6-11,17H,12H2,1-5H3,(H,20,21)/t17-/m1/s1. The lowest BCUT2D eigenvalue weighted by Gasteiger charge is -2.21. The minimum atomic E-state index is -3.71. The summed E-state index contributed by atoms with van der Waals surface area (Å²) < 4.78 is 31.6. The molecule has 25 heavy (non-hydrogen) atoms. The van der Waals surface area contributed by atoms with Crippen molar-refractivity contribution in [1.29, 1.82) is 0 Å². The SMILES string of the molecule is Cc1ccc(S(=O)(=O)[C@H](CNC(=O)C(C)(C)C)c2ccco2)cc1C. The summed E-state index contributed by atoms with van der Waals surface area (Å²) in [6, 6.07) is 8.30. The maximum atomic E-state index is 13.1. The molecule has 1 amide bonds. The first kappa shape index (κ1) is 19.2. The van der Waals surface area contributed by atoms with Gasteiger partial charge in [0.15, 0.2) is 9.84 Å². The summed E-state index contributed by atoms with van der Waals surface area (Å²) in [4.78, 5) is 12.4. The van der Waals surface area contributed by atoms with Gasteiger partial charge in [0.2, 0.25) is 5.91 Å². The van der Waals surface area contributed by atoms with E-state index in [1.165, 1.54) is 6.26 Å². The Balaban J connectivity index is 2.38. The lowest BCUT2D eigenvalue weighted by Crippen LogP contribution is -2.38. The topological polar surface area (TPSA) is 76.4 Å². The van der Waals surface area contributed by atoms with Gasteiger partial charge in [-0.2, -0.15) is 0 Å². The van der Waals surface area contributed by atoms with Gasteiger partial charge in [-0.1, -0.05) is 26.8 Å².